The molecule has 0 saturated heterocycles. The summed E-state index contributed by atoms with van der Waals surface area (Å²) in [4.78, 5) is 15.0. The number of rotatable bonds is 10. The molecule has 1 N–H and O–H groups in total. The fraction of sp³-hybridized carbons (Fsp3) is 0.360. The fourth-order valence-corrected chi connectivity index (χ4v) is 3.72. The maximum absolute atomic E-state index is 13.3. The van der Waals surface area contributed by atoms with Crippen molar-refractivity contribution >= 4 is 5.97 Å². The Morgan fingerprint density at radius 1 is 1.18 bits per heavy atom. The van der Waals surface area contributed by atoms with E-state index in [4.69, 9.17) is 19.0 Å². The third-order valence-electron chi connectivity index (χ3n) is 5.53. The summed E-state index contributed by atoms with van der Waals surface area (Å²) in [5.41, 5.74) is 1.15. The Morgan fingerprint density at radius 2 is 1.94 bits per heavy atom. The Balaban J connectivity index is 1.37. The van der Waals surface area contributed by atoms with Gasteiger partial charge in [-0.25, -0.2) is 9.78 Å². The molecular weight excluding hydrogens is 451 g/mol. The van der Waals surface area contributed by atoms with Crippen LogP contribution in [0.1, 0.15) is 47.8 Å². The van der Waals surface area contributed by atoms with Crippen molar-refractivity contribution in [2.24, 2.45) is 0 Å². The van der Waals surface area contributed by atoms with Gasteiger partial charge in [0.05, 0.1) is 12.2 Å². The summed E-state index contributed by atoms with van der Waals surface area (Å²) in [7, 11) is 0. The predicted octanol–water partition coefficient (Wildman–Crippen LogP) is 6.02. The molecule has 0 atom stereocenters. The molecular formula is C25H24F3NO5. The highest BCUT2D eigenvalue weighted by molar-refractivity contribution is 5.68. The second-order valence-electron chi connectivity index (χ2n) is 8.23. The van der Waals surface area contributed by atoms with Gasteiger partial charge in [0.15, 0.2) is 12.5 Å². The number of carbonyl (C=O) groups is 1. The van der Waals surface area contributed by atoms with Gasteiger partial charge in [-0.2, -0.15) is 13.2 Å². The van der Waals surface area contributed by atoms with E-state index in [2.05, 4.69) is 4.98 Å². The number of oxazole rings is 1. The molecule has 0 aliphatic heterocycles. The first-order valence-corrected chi connectivity index (χ1v) is 11.0. The summed E-state index contributed by atoms with van der Waals surface area (Å²) < 4.78 is 56.6. The average Bonchev–Trinajstić information content (AvgIpc) is 3.52. The molecule has 1 aromatic heterocycles. The fourth-order valence-electron chi connectivity index (χ4n) is 3.72. The van der Waals surface area contributed by atoms with Crippen molar-refractivity contribution in [3.8, 4) is 22.8 Å². The quantitative estimate of drug-likeness (QED) is 0.361. The second kappa shape index (κ2) is 9.79. The van der Waals surface area contributed by atoms with Crippen LogP contribution in [0.4, 0.5) is 13.2 Å². The third kappa shape index (κ3) is 5.70. The van der Waals surface area contributed by atoms with Crippen molar-refractivity contribution in [2.45, 2.75) is 44.7 Å². The molecule has 4 rings (SSSR count). The van der Waals surface area contributed by atoms with E-state index in [-0.39, 0.29) is 11.3 Å². The molecule has 6 nitrogen and oxygen atoms in total. The number of halogens is 3. The van der Waals surface area contributed by atoms with Gasteiger partial charge in [-0.3, -0.25) is 0 Å². The maximum Gasteiger partial charge on any atom is 0.417 e. The molecule has 1 aliphatic carbocycles. The van der Waals surface area contributed by atoms with Gasteiger partial charge >= 0.3 is 12.1 Å². The number of hydrogen-bond donors (Lipinski definition) is 1. The number of ether oxygens (including phenoxy) is 2. The monoisotopic (exact) mass is 475 g/mol. The molecule has 1 fully saturated rings. The van der Waals surface area contributed by atoms with E-state index in [9.17, 15) is 18.0 Å². The molecule has 0 bridgehead atoms. The van der Waals surface area contributed by atoms with Crippen LogP contribution in [0.25, 0.3) is 11.3 Å². The van der Waals surface area contributed by atoms with Crippen molar-refractivity contribution in [3.05, 3.63) is 65.2 Å². The van der Waals surface area contributed by atoms with Crippen LogP contribution in [0.2, 0.25) is 0 Å². The first-order chi connectivity index (χ1) is 16.2. The van der Waals surface area contributed by atoms with E-state index < -0.39 is 24.3 Å². The third-order valence-corrected chi connectivity index (χ3v) is 5.53. The molecule has 2 aromatic carbocycles. The minimum absolute atomic E-state index is 0.0176. The van der Waals surface area contributed by atoms with Gasteiger partial charge in [0.2, 0.25) is 0 Å². The number of aromatic nitrogens is 1. The van der Waals surface area contributed by atoms with Crippen LogP contribution in [0.3, 0.4) is 0 Å². The van der Waals surface area contributed by atoms with Gasteiger partial charge < -0.3 is 19.0 Å². The van der Waals surface area contributed by atoms with Gasteiger partial charge in [0, 0.05) is 17.5 Å². The van der Waals surface area contributed by atoms with Gasteiger partial charge in [-0.05, 0) is 55.9 Å². The molecule has 1 saturated carbocycles. The Bertz CT molecular complexity index is 1170. The van der Waals surface area contributed by atoms with Crippen molar-refractivity contribution in [1.82, 2.24) is 4.98 Å². The van der Waals surface area contributed by atoms with Crippen LogP contribution in [-0.2, 0) is 17.4 Å². The maximum atomic E-state index is 13.3. The highest BCUT2D eigenvalue weighted by Crippen LogP contribution is 2.46. The molecule has 9 heteroatoms. The van der Waals surface area contributed by atoms with E-state index in [1.54, 1.807) is 0 Å². The van der Waals surface area contributed by atoms with Crippen LogP contribution >= 0.6 is 0 Å². The smallest absolute Gasteiger partial charge is 0.417 e. The van der Waals surface area contributed by atoms with Crippen LogP contribution in [0, 0.1) is 6.92 Å². The van der Waals surface area contributed by atoms with E-state index in [1.807, 2.05) is 19.1 Å². The van der Waals surface area contributed by atoms with E-state index in [0.717, 1.165) is 35.8 Å². The number of nitrogens with zero attached hydrogens (tertiary/aromatic N) is 1. The van der Waals surface area contributed by atoms with Crippen LogP contribution in [0.15, 0.2) is 47.1 Å². The lowest BCUT2D eigenvalue weighted by Gasteiger charge is -2.15. The van der Waals surface area contributed by atoms with Crippen molar-refractivity contribution in [2.75, 3.05) is 13.2 Å². The normalized spacial score (nSPS) is 13.6. The van der Waals surface area contributed by atoms with Crippen molar-refractivity contribution in [3.63, 3.8) is 0 Å². The molecule has 1 aliphatic rings. The molecule has 0 unspecified atom stereocenters. The molecule has 0 spiro atoms. The summed E-state index contributed by atoms with van der Waals surface area (Å²) in [5.74, 6) is 0.930. The number of benzene rings is 2. The zero-order chi connectivity index (χ0) is 24.3. The van der Waals surface area contributed by atoms with Gasteiger partial charge in [0.25, 0.3) is 0 Å². The molecule has 0 radical (unpaired) electrons. The minimum atomic E-state index is -4.48. The van der Waals surface area contributed by atoms with Crippen LogP contribution in [-0.4, -0.2) is 29.3 Å². The zero-order valence-corrected chi connectivity index (χ0v) is 18.5. The highest BCUT2D eigenvalue weighted by Gasteiger charge is 2.34. The Morgan fingerprint density at radius 3 is 2.65 bits per heavy atom. The summed E-state index contributed by atoms with van der Waals surface area (Å²) in [5, 5.41) is 8.85. The number of hydrogen-bond acceptors (Lipinski definition) is 5. The number of alkyl halides is 3. The lowest BCUT2D eigenvalue weighted by Crippen LogP contribution is -2.10. The molecule has 0 amide bonds. The first kappa shape index (κ1) is 23.7. The number of carboxylic acids is 1. The largest absolute Gasteiger partial charge is 0.493 e. The van der Waals surface area contributed by atoms with E-state index in [0.29, 0.717) is 37.0 Å². The van der Waals surface area contributed by atoms with E-state index >= 15 is 0 Å². The molecule has 3 aromatic rings. The molecule has 34 heavy (non-hydrogen) atoms. The van der Waals surface area contributed by atoms with Gasteiger partial charge in [-0.15, -0.1) is 0 Å². The topological polar surface area (TPSA) is 81.8 Å². The predicted molar refractivity (Wildman–Crippen MR) is 117 cm³/mol. The number of aliphatic carboxylic acids is 1. The summed E-state index contributed by atoms with van der Waals surface area (Å²) in [6.45, 7) is 1.79. The zero-order valence-electron chi connectivity index (χ0n) is 18.5. The highest BCUT2D eigenvalue weighted by atomic mass is 19.4. The lowest BCUT2D eigenvalue weighted by atomic mass is 10.1. The van der Waals surface area contributed by atoms with Gasteiger partial charge in [0.1, 0.15) is 23.5 Å². The SMILES string of the molecule is Cc1cc(OCCCc2nc(-c3ccccc3C(F)(F)F)co2)c(C2CC2)cc1OCC(=O)O. The standard InChI is InChI=1S/C25H24F3NO5/c1-15-11-22(18(16-8-9-16)12-21(15)33-14-24(30)31)32-10-4-7-23-29-20(13-34-23)17-5-2-3-6-19(17)25(26,27)28/h2-3,5-6,11-13,16H,4,7-10,14H2,1H3,(H,30,31). The Hall–Kier alpha value is -3.49. The minimum Gasteiger partial charge on any atom is -0.493 e. The summed E-state index contributed by atoms with van der Waals surface area (Å²) in [6, 6.07) is 8.97. The Kier molecular flexibility index (Phi) is 6.81. The number of carboxylic acid groups (broad SMARTS) is 1. The van der Waals surface area contributed by atoms with Crippen LogP contribution < -0.4 is 9.47 Å². The lowest BCUT2D eigenvalue weighted by molar-refractivity contribution is -0.139. The Labute approximate surface area is 194 Å². The van der Waals surface area contributed by atoms with Crippen LogP contribution in [0.5, 0.6) is 11.5 Å². The first-order valence-electron chi connectivity index (χ1n) is 11.0. The second-order valence-corrected chi connectivity index (χ2v) is 8.23. The number of aryl methyl sites for hydroxylation is 2. The van der Waals surface area contributed by atoms with Crippen molar-refractivity contribution in [1.29, 1.82) is 0 Å². The average molecular weight is 475 g/mol. The molecule has 1 heterocycles. The summed E-state index contributed by atoms with van der Waals surface area (Å²) >= 11 is 0. The van der Waals surface area contributed by atoms with Gasteiger partial charge in [-0.1, -0.05) is 18.2 Å². The van der Waals surface area contributed by atoms with E-state index in [1.165, 1.54) is 24.5 Å². The van der Waals surface area contributed by atoms with Crippen molar-refractivity contribution < 1.29 is 37.0 Å². The summed E-state index contributed by atoms with van der Waals surface area (Å²) in [6.07, 6.45) is -0.195. The molecule has 180 valence electrons.